The van der Waals surface area contributed by atoms with Crippen LogP contribution in [0.4, 0.5) is 4.39 Å². The zero-order valence-corrected chi connectivity index (χ0v) is 10.2. The van der Waals surface area contributed by atoms with E-state index in [4.69, 9.17) is 0 Å². The van der Waals surface area contributed by atoms with E-state index in [0.29, 0.717) is 6.54 Å². The van der Waals surface area contributed by atoms with Crippen LogP contribution in [-0.2, 0) is 12.1 Å². The molecule has 0 bridgehead atoms. The first-order valence-electron chi connectivity index (χ1n) is 5.81. The average Bonchev–Trinajstić information content (AvgIpc) is 2.81. The lowest BCUT2D eigenvalue weighted by molar-refractivity contribution is 0.194. The van der Waals surface area contributed by atoms with Crippen LogP contribution in [0, 0.1) is 5.82 Å². The van der Waals surface area contributed by atoms with Crippen molar-refractivity contribution in [3.8, 4) is 0 Å². The summed E-state index contributed by atoms with van der Waals surface area (Å²) in [5.74, 6) is -0.270. The van der Waals surface area contributed by atoms with Crippen LogP contribution in [-0.4, -0.2) is 22.1 Å². The fourth-order valence-electron chi connectivity index (χ4n) is 2.69. The lowest BCUT2D eigenvalue weighted by Gasteiger charge is -2.33. The molecule has 94 valence electrons. The van der Waals surface area contributed by atoms with Gasteiger partial charge in [0.2, 0.25) is 0 Å². The van der Waals surface area contributed by atoms with Gasteiger partial charge < -0.3 is 0 Å². The first-order valence-corrected chi connectivity index (χ1v) is 5.81. The van der Waals surface area contributed by atoms with E-state index in [-0.39, 0.29) is 11.4 Å². The lowest BCUT2D eigenvalue weighted by atomic mass is 9.89. The number of H-pyrrole nitrogens is 2. The highest BCUT2D eigenvalue weighted by molar-refractivity contribution is 5.41. The Bertz CT molecular complexity index is 660. The molecule has 0 aliphatic carbocycles. The van der Waals surface area contributed by atoms with Crippen molar-refractivity contribution in [3.63, 3.8) is 0 Å². The molecule has 0 amide bonds. The third-order valence-corrected chi connectivity index (χ3v) is 3.91. The van der Waals surface area contributed by atoms with Gasteiger partial charge in [-0.05, 0) is 31.7 Å². The maximum absolute atomic E-state index is 13.4. The van der Waals surface area contributed by atoms with Gasteiger partial charge in [0.25, 0.3) is 5.56 Å². The number of benzene rings is 1. The van der Waals surface area contributed by atoms with Crippen LogP contribution in [0.25, 0.3) is 0 Å². The van der Waals surface area contributed by atoms with Gasteiger partial charge >= 0.3 is 0 Å². The molecule has 1 aromatic heterocycles. The van der Waals surface area contributed by atoms with Gasteiger partial charge in [-0.25, -0.2) is 4.39 Å². The van der Waals surface area contributed by atoms with E-state index in [2.05, 4.69) is 10.2 Å². The van der Waals surface area contributed by atoms with Crippen LogP contribution in [0.15, 0.2) is 29.1 Å². The number of aromatic amines is 2. The average molecular weight is 247 g/mol. The van der Waals surface area contributed by atoms with E-state index in [0.717, 1.165) is 16.8 Å². The molecule has 1 aliphatic rings. The topological polar surface area (TPSA) is 51.9 Å². The van der Waals surface area contributed by atoms with Crippen molar-refractivity contribution in [2.45, 2.75) is 19.0 Å². The van der Waals surface area contributed by atoms with E-state index in [9.17, 15) is 9.18 Å². The van der Waals surface area contributed by atoms with Gasteiger partial charge in [0, 0.05) is 6.54 Å². The molecular formula is C13H14FN3O. The smallest absolute Gasteiger partial charge is 0.268 e. The highest BCUT2D eigenvalue weighted by Gasteiger charge is 2.43. The van der Waals surface area contributed by atoms with Crippen LogP contribution in [0.1, 0.15) is 23.7 Å². The van der Waals surface area contributed by atoms with E-state index in [1.807, 2.05) is 24.9 Å². The number of fused-ring (bicyclic) bond motifs is 1. The SMILES string of the molecule is CN1Cc2c([nH][nH]c2=O)C1(C)c1cccc(F)c1. The predicted molar refractivity (Wildman–Crippen MR) is 65.7 cm³/mol. The number of hydrogen-bond acceptors (Lipinski definition) is 2. The minimum atomic E-state index is -0.503. The van der Waals surface area contributed by atoms with Gasteiger partial charge in [0.15, 0.2) is 0 Å². The zero-order valence-electron chi connectivity index (χ0n) is 10.2. The highest BCUT2D eigenvalue weighted by atomic mass is 19.1. The summed E-state index contributed by atoms with van der Waals surface area (Å²) in [7, 11) is 1.93. The number of halogens is 1. The Labute approximate surface area is 103 Å². The fraction of sp³-hybridized carbons (Fsp3) is 0.308. The van der Waals surface area contributed by atoms with Crippen LogP contribution in [0.2, 0.25) is 0 Å². The lowest BCUT2D eigenvalue weighted by Crippen LogP contribution is -2.37. The molecule has 0 saturated heterocycles. The largest absolute Gasteiger partial charge is 0.300 e. The van der Waals surface area contributed by atoms with Crippen molar-refractivity contribution in [2.75, 3.05) is 7.05 Å². The summed E-state index contributed by atoms with van der Waals surface area (Å²) in [6, 6.07) is 6.49. The number of aromatic nitrogens is 2. The van der Waals surface area contributed by atoms with Crippen LogP contribution in [0.5, 0.6) is 0 Å². The Balaban J connectivity index is 2.23. The molecule has 2 heterocycles. The molecule has 1 atom stereocenters. The molecule has 0 fully saturated rings. The number of nitrogens with one attached hydrogen (secondary N) is 2. The van der Waals surface area contributed by atoms with Crippen molar-refractivity contribution in [1.82, 2.24) is 15.1 Å². The van der Waals surface area contributed by atoms with Crippen molar-refractivity contribution in [1.29, 1.82) is 0 Å². The summed E-state index contributed by atoms with van der Waals surface area (Å²) in [4.78, 5) is 13.7. The first kappa shape index (κ1) is 11.2. The zero-order chi connectivity index (χ0) is 12.9. The maximum atomic E-state index is 13.4. The summed E-state index contributed by atoms with van der Waals surface area (Å²) in [5, 5.41) is 5.52. The van der Waals surface area contributed by atoms with Gasteiger partial charge in [0.05, 0.1) is 16.8 Å². The van der Waals surface area contributed by atoms with Gasteiger partial charge in [0.1, 0.15) is 5.82 Å². The molecule has 2 aromatic rings. The quantitative estimate of drug-likeness (QED) is 0.803. The molecule has 5 heteroatoms. The summed E-state index contributed by atoms with van der Waals surface area (Å²) in [6.45, 7) is 2.54. The van der Waals surface area contributed by atoms with Gasteiger partial charge in [-0.3, -0.25) is 19.9 Å². The van der Waals surface area contributed by atoms with E-state index < -0.39 is 5.54 Å². The molecule has 4 nitrogen and oxygen atoms in total. The predicted octanol–water partition coefficient (Wildman–Crippen LogP) is 1.55. The van der Waals surface area contributed by atoms with E-state index in [1.165, 1.54) is 12.1 Å². The molecule has 1 unspecified atom stereocenters. The van der Waals surface area contributed by atoms with Crippen molar-refractivity contribution >= 4 is 0 Å². The highest BCUT2D eigenvalue weighted by Crippen LogP contribution is 2.40. The molecule has 0 radical (unpaired) electrons. The molecule has 18 heavy (non-hydrogen) atoms. The third-order valence-electron chi connectivity index (χ3n) is 3.91. The van der Waals surface area contributed by atoms with E-state index in [1.54, 1.807) is 6.07 Å². The van der Waals surface area contributed by atoms with Crippen LogP contribution >= 0.6 is 0 Å². The molecule has 0 spiro atoms. The minimum Gasteiger partial charge on any atom is -0.300 e. The molecule has 1 aliphatic heterocycles. The molecular weight excluding hydrogens is 233 g/mol. The third kappa shape index (κ3) is 1.31. The molecule has 3 rings (SSSR count). The van der Waals surface area contributed by atoms with Crippen LogP contribution in [0.3, 0.4) is 0 Å². The summed E-state index contributed by atoms with van der Waals surface area (Å²) in [5.41, 5.74) is 1.78. The second-order valence-electron chi connectivity index (χ2n) is 4.87. The Morgan fingerprint density at radius 1 is 1.39 bits per heavy atom. The first-order chi connectivity index (χ1) is 8.53. The number of hydrogen-bond donors (Lipinski definition) is 2. The minimum absolute atomic E-state index is 0.100. The molecule has 2 N–H and O–H groups in total. The Hall–Kier alpha value is -1.88. The number of rotatable bonds is 1. The Morgan fingerprint density at radius 3 is 2.89 bits per heavy atom. The van der Waals surface area contributed by atoms with Crippen molar-refractivity contribution in [3.05, 3.63) is 57.3 Å². The van der Waals surface area contributed by atoms with Gasteiger partial charge in [-0.15, -0.1) is 0 Å². The monoisotopic (exact) mass is 247 g/mol. The van der Waals surface area contributed by atoms with Crippen molar-refractivity contribution in [2.24, 2.45) is 0 Å². The van der Waals surface area contributed by atoms with Crippen molar-refractivity contribution < 1.29 is 4.39 Å². The molecule has 1 aromatic carbocycles. The standard InChI is InChI=1S/C13H14FN3O/c1-13(8-4-3-5-9(14)6-8)11-10(7-17(13)2)12(18)16-15-11/h3-6H,7H2,1-2H3,(H2,15,16,18). The Kier molecular flexibility index (Phi) is 2.22. The summed E-state index contributed by atoms with van der Waals surface area (Å²) >= 11 is 0. The second kappa shape index (κ2) is 3.55. The normalized spacial score (nSPS) is 23.3. The summed E-state index contributed by atoms with van der Waals surface area (Å²) in [6.07, 6.45) is 0. The summed E-state index contributed by atoms with van der Waals surface area (Å²) < 4.78 is 13.4. The second-order valence-corrected chi connectivity index (χ2v) is 4.87. The maximum Gasteiger partial charge on any atom is 0.268 e. The van der Waals surface area contributed by atoms with Crippen LogP contribution < -0.4 is 5.56 Å². The van der Waals surface area contributed by atoms with Gasteiger partial charge in [-0.1, -0.05) is 12.1 Å². The fourth-order valence-corrected chi connectivity index (χ4v) is 2.69. The van der Waals surface area contributed by atoms with Gasteiger partial charge in [-0.2, -0.15) is 0 Å². The van der Waals surface area contributed by atoms with E-state index >= 15 is 0 Å². The molecule has 0 saturated carbocycles. The number of nitrogens with zero attached hydrogens (tertiary/aromatic N) is 1. The Morgan fingerprint density at radius 2 is 2.17 bits per heavy atom.